The standard InChI is InChI=1S/C22H24ClN5OS/c1-3-4-13-26-20(29)17-10-6-8-12-19(17)28-21(26)24-27(22(28)30)15-25(2)14-16-9-5-7-11-18(16)23/h5-12H,3-4,13-15H2,1-2H3. The van der Waals surface area contributed by atoms with Gasteiger partial charge in [0, 0.05) is 18.1 Å². The Kier molecular flexibility index (Phi) is 6.04. The van der Waals surface area contributed by atoms with E-state index in [-0.39, 0.29) is 5.56 Å². The molecule has 0 N–H and O–H groups in total. The summed E-state index contributed by atoms with van der Waals surface area (Å²) in [6, 6.07) is 15.4. The first kappa shape index (κ1) is 20.8. The predicted octanol–water partition coefficient (Wildman–Crippen LogP) is 4.72. The number of aryl methyl sites for hydroxylation is 1. The Morgan fingerprint density at radius 3 is 2.63 bits per heavy atom. The van der Waals surface area contributed by atoms with Crippen molar-refractivity contribution in [1.29, 1.82) is 0 Å². The van der Waals surface area contributed by atoms with Gasteiger partial charge in [-0.3, -0.25) is 18.7 Å². The lowest BCUT2D eigenvalue weighted by molar-refractivity contribution is 0.244. The highest BCUT2D eigenvalue weighted by Crippen LogP contribution is 2.18. The average Bonchev–Trinajstić information content (AvgIpc) is 3.05. The largest absolute Gasteiger partial charge is 0.283 e. The van der Waals surface area contributed by atoms with E-state index in [2.05, 4.69) is 11.8 Å². The average molecular weight is 442 g/mol. The molecule has 4 rings (SSSR count). The molecule has 0 fully saturated rings. The zero-order chi connectivity index (χ0) is 21.3. The summed E-state index contributed by atoms with van der Waals surface area (Å²) in [5.41, 5.74) is 1.81. The Hall–Kier alpha value is -2.48. The highest BCUT2D eigenvalue weighted by molar-refractivity contribution is 7.71. The van der Waals surface area contributed by atoms with Crippen LogP contribution < -0.4 is 5.56 Å². The van der Waals surface area contributed by atoms with Crippen molar-refractivity contribution in [2.75, 3.05) is 7.05 Å². The Morgan fingerprint density at radius 1 is 1.13 bits per heavy atom. The Morgan fingerprint density at radius 2 is 1.87 bits per heavy atom. The summed E-state index contributed by atoms with van der Waals surface area (Å²) in [5.74, 6) is 0.586. The van der Waals surface area contributed by atoms with E-state index >= 15 is 0 Å². The molecule has 0 saturated carbocycles. The predicted molar refractivity (Wildman–Crippen MR) is 124 cm³/mol. The number of halogens is 1. The van der Waals surface area contributed by atoms with Gasteiger partial charge in [0.2, 0.25) is 10.5 Å². The van der Waals surface area contributed by atoms with Crippen LogP contribution in [0.4, 0.5) is 0 Å². The number of unbranched alkanes of at least 4 members (excludes halogenated alkanes) is 1. The second-order valence-corrected chi connectivity index (χ2v) is 8.26. The summed E-state index contributed by atoms with van der Waals surface area (Å²) >= 11 is 12.1. The van der Waals surface area contributed by atoms with Crippen molar-refractivity contribution in [3.05, 3.63) is 74.2 Å². The maximum absolute atomic E-state index is 13.1. The van der Waals surface area contributed by atoms with Gasteiger partial charge in [-0.1, -0.05) is 55.3 Å². The van der Waals surface area contributed by atoms with Crippen LogP contribution in [-0.2, 0) is 19.8 Å². The molecule has 4 aromatic rings. The minimum absolute atomic E-state index is 0.0249. The topological polar surface area (TPSA) is 47.5 Å². The number of aromatic nitrogens is 4. The highest BCUT2D eigenvalue weighted by Gasteiger charge is 2.16. The van der Waals surface area contributed by atoms with Gasteiger partial charge < -0.3 is 0 Å². The van der Waals surface area contributed by atoms with Crippen LogP contribution in [0.3, 0.4) is 0 Å². The van der Waals surface area contributed by atoms with E-state index in [9.17, 15) is 4.79 Å². The molecule has 2 heterocycles. The van der Waals surface area contributed by atoms with Gasteiger partial charge in [0.1, 0.15) is 0 Å². The summed E-state index contributed by atoms with van der Waals surface area (Å²) in [5, 5.41) is 6.14. The van der Waals surface area contributed by atoms with E-state index in [1.54, 1.807) is 9.25 Å². The molecule has 0 atom stereocenters. The zero-order valence-corrected chi connectivity index (χ0v) is 18.7. The summed E-state index contributed by atoms with van der Waals surface area (Å²) in [7, 11) is 2.00. The number of benzene rings is 2. The van der Waals surface area contributed by atoms with Crippen LogP contribution in [-0.4, -0.2) is 30.7 Å². The molecule has 0 aliphatic heterocycles. The zero-order valence-electron chi connectivity index (χ0n) is 17.1. The minimum Gasteiger partial charge on any atom is -0.283 e. The van der Waals surface area contributed by atoms with E-state index in [0.717, 1.165) is 28.9 Å². The van der Waals surface area contributed by atoms with Gasteiger partial charge in [-0.15, -0.1) is 5.10 Å². The maximum Gasteiger partial charge on any atom is 0.262 e. The highest BCUT2D eigenvalue weighted by atomic mass is 35.5. The molecule has 0 saturated heterocycles. The molecule has 30 heavy (non-hydrogen) atoms. The summed E-state index contributed by atoms with van der Waals surface area (Å²) in [4.78, 5) is 15.2. The van der Waals surface area contributed by atoms with E-state index in [1.807, 2.05) is 60.0 Å². The van der Waals surface area contributed by atoms with Crippen LogP contribution in [0.5, 0.6) is 0 Å². The number of hydrogen-bond acceptors (Lipinski definition) is 4. The van der Waals surface area contributed by atoms with E-state index in [0.29, 0.717) is 35.7 Å². The maximum atomic E-state index is 13.1. The van der Waals surface area contributed by atoms with Gasteiger partial charge in [0.15, 0.2) is 0 Å². The Bertz CT molecular complexity index is 1320. The summed E-state index contributed by atoms with van der Waals surface area (Å²) in [6.45, 7) is 3.88. The van der Waals surface area contributed by atoms with Crippen molar-refractivity contribution in [2.24, 2.45) is 0 Å². The first-order valence-corrected chi connectivity index (χ1v) is 10.8. The number of hydrogen-bond donors (Lipinski definition) is 0. The van der Waals surface area contributed by atoms with E-state index < -0.39 is 0 Å². The number of rotatable bonds is 7. The lowest BCUT2D eigenvalue weighted by Gasteiger charge is -2.17. The molecule has 0 radical (unpaired) electrons. The molecule has 0 bridgehead atoms. The molecule has 0 amide bonds. The molecular weight excluding hydrogens is 418 g/mol. The second-order valence-electron chi connectivity index (χ2n) is 7.49. The van der Waals surface area contributed by atoms with Crippen molar-refractivity contribution >= 4 is 40.5 Å². The molecule has 2 aromatic carbocycles. The van der Waals surface area contributed by atoms with Gasteiger partial charge >= 0.3 is 0 Å². The van der Waals surface area contributed by atoms with Crippen LogP contribution in [0.25, 0.3) is 16.7 Å². The second kappa shape index (κ2) is 8.71. The van der Waals surface area contributed by atoms with Crippen LogP contribution in [0.1, 0.15) is 25.3 Å². The minimum atomic E-state index is -0.0249. The van der Waals surface area contributed by atoms with Gasteiger partial charge in [-0.2, -0.15) is 0 Å². The molecule has 6 nitrogen and oxygen atoms in total. The van der Waals surface area contributed by atoms with Crippen molar-refractivity contribution in [1.82, 2.24) is 23.6 Å². The molecular formula is C22H24ClN5OS. The third kappa shape index (κ3) is 3.80. The van der Waals surface area contributed by atoms with Crippen molar-refractivity contribution in [2.45, 2.75) is 39.5 Å². The van der Waals surface area contributed by atoms with Gasteiger partial charge in [0.05, 0.1) is 17.6 Å². The quantitative estimate of drug-likeness (QED) is 0.389. The summed E-state index contributed by atoms with van der Waals surface area (Å²) < 4.78 is 5.99. The molecule has 0 unspecified atom stereocenters. The van der Waals surface area contributed by atoms with Crippen LogP contribution >= 0.6 is 23.8 Å². The fourth-order valence-corrected chi connectivity index (χ4v) is 4.15. The summed E-state index contributed by atoms with van der Waals surface area (Å²) in [6.07, 6.45) is 1.90. The lowest BCUT2D eigenvalue weighted by Crippen LogP contribution is -2.24. The normalized spacial score (nSPS) is 11.7. The van der Waals surface area contributed by atoms with Crippen LogP contribution in [0, 0.1) is 4.77 Å². The fraction of sp³-hybridized carbons (Fsp3) is 0.318. The number of nitrogens with zero attached hydrogens (tertiary/aromatic N) is 5. The van der Waals surface area contributed by atoms with E-state index in [1.165, 1.54) is 0 Å². The first-order chi connectivity index (χ1) is 14.5. The molecule has 0 spiro atoms. The van der Waals surface area contributed by atoms with Crippen molar-refractivity contribution < 1.29 is 0 Å². The number of fused-ring (bicyclic) bond motifs is 3. The fourth-order valence-electron chi connectivity index (χ4n) is 3.67. The van der Waals surface area contributed by atoms with Gasteiger partial charge in [-0.05, 0) is 49.4 Å². The first-order valence-electron chi connectivity index (χ1n) is 10.0. The van der Waals surface area contributed by atoms with E-state index in [4.69, 9.17) is 28.9 Å². The lowest BCUT2D eigenvalue weighted by atomic mass is 10.2. The van der Waals surface area contributed by atoms with Crippen LogP contribution in [0.2, 0.25) is 5.02 Å². The van der Waals surface area contributed by atoms with Crippen molar-refractivity contribution in [3.8, 4) is 0 Å². The molecule has 0 aliphatic carbocycles. The Labute approximate surface area is 184 Å². The molecule has 2 aromatic heterocycles. The van der Waals surface area contributed by atoms with Gasteiger partial charge in [0.25, 0.3) is 5.56 Å². The molecule has 8 heteroatoms. The van der Waals surface area contributed by atoms with Gasteiger partial charge in [-0.25, -0.2) is 4.68 Å². The van der Waals surface area contributed by atoms with Crippen LogP contribution in [0.15, 0.2) is 53.3 Å². The third-order valence-electron chi connectivity index (χ3n) is 5.19. The smallest absolute Gasteiger partial charge is 0.262 e. The molecule has 0 aliphatic rings. The SMILES string of the molecule is CCCCn1c(=O)c2ccccc2n2c(=S)n(CN(C)Cc3ccccc3Cl)nc12. The third-order valence-corrected chi connectivity index (χ3v) is 5.95. The number of para-hydroxylation sites is 1. The Balaban J connectivity index is 1.79. The molecule has 156 valence electrons. The monoisotopic (exact) mass is 441 g/mol. The van der Waals surface area contributed by atoms with Crippen molar-refractivity contribution in [3.63, 3.8) is 0 Å².